The largest absolute Gasteiger partial charge is 0.565 e. The Kier molecular flexibility index (Phi) is 8.28. The fourth-order valence-corrected chi connectivity index (χ4v) is 2.76. The first-order valence-electron chi connectivity index (χ1n) is 9.54. The van der Waals surface area contributed by atoms with Crippen LogP contribution in [0.4, 0.5) is 4.79 Å². The van der Waals surface area contributed by atoms with Crippen molar-refractivity contribution < 1.29 is 24.7 Å². The number of rotatable bonds is 8. The Bertz CT molecular complexity index is 852. The maximum absolute atomic E-state index is 11.4. The minimum Gasteiger partial charge on any atom is -0.507 e. The van der Waals surface area contributed by atoms with E-state index < -0.39 is 6.16 Å². The molecule has 0 amide bonds. The molecule has 2 aromatic carbocycles. The summed E-state index contributed by atoms with van der Waals surface area (Å²) in [5.41, 5.74) is 2.72. The van der Waals surface area contributed by atoms with Gasteiger partial charge in [-0.3, -0.25) is 9.68 Å². The van der Waals surface area contributed by atoms with Gasteiger partial charge in [-0.15, -0.1) is 10.2 Å². The molecular formula is C21H26N4O5. The van der Waals surface area contributed by atoms with Crippen molar-refractivity contribution in [3.63, 3.8) is 0 Å². The van der Waals surface area contributed by atoms with Crippen molar-refractivity contribution >= 4 is 6.16 Å². The first-order valence-corrected chi connectivity index (χ1v) is 9.54. The molecule has 0 spiro atoms. The molecule has 0 heterocycles. The highest BCUT2D eigenvalue weighted by Gasteiger charge is 2.11. The van der Waals surface area contributed by atoms with E-state index in [9.17, 15) is 15.0 Å². The molecule has 0 saturated heterocycles. The summed E-state index contributed by atoms with van der Waals surface area (Å²) in [5, 5.41) is 34.3. The Morgan fingerprint density at radius 3 is 1.57 bits per heavy atom. The average Bonchev–Trinajstić information content (AvgIpc) is 2.70. The highest BCUT2D eigenvalue weighted by molar-refractivity contribution is 5.59. The van der Waals surface area contributed by atoms with Crippen LogP contribution in [0.25, 0.3) is 0 Å². The maximum Gasteiger partial charge on any atom is 0.565 e. The van der Waals surface area contributed by atoms with Gasteiger partial charge < -0.3 is 10.2 Å². The molecule has 0 atom stereocenters. The molecule has 0 fully saturated rings. The lowest BCUT2D eigenvalue weighted by Gasteiger charge is -2.10. The van der Waals surface area contributed by atoms with Gasteiger partial charge in [-0.2, -0.15) is 4.79 Å². The molecule has 0 bridgehead atoms. The minimum absolute atomic E-state index is 0.0344. The van der Waals surface area contributed by atoms with Gasteiger partial charge in [-0.1, -0.05) is 64.1 Å². The fourth-order valence-electron chi connectivity index (χ4n) is 2.76. The lowest BCUT2D eigenvalue weighted by atomic mass is 9.99. The molecule has 9 nitrogen and oxygen atoms in total. The van der Waals surface area contributed by atoms with Crippen LogP contribution in [0, 0.1) is 0 Å². The Morgan fingerprint density at radius 1 is 0.800 bits per heavy atom. The zero-order valence-corrected chi connectivity index (χ0v) is 17.4. The number of phenolic OH excluding ortho intramolecular Hbond substituents is 2. The van der Waals surface area contributed by atoms with Crippen molar-refractivity contribution in [1.29, 1.82) is 0 Å². The van der Waals surface area contributed by atoms with Crippen LogP contribution >= 0.6 is 0 Å². The average molecular weight is 414 g/mol. The number of nitrogens with zero attached hydrogens (tertiary/aromatic N) is 4. The second-order valence-corrected chi connectivity index (χ2v) is 7.21. The normalized spacial score (nSPS) is 11.7. The zero-order valence-electron chi connectivity index (χ0n) is 17.4. The molecule has 0 aromatic heterocycles. The van der Waals surface area contributed by atoms with E-state index in [1.165, 1.54) is 0 Å². The number of phenols is 2. The van der Waals surface area contributed by atoms with Crippen LogP contribution in [0.1, 0.15) is 61.8 Å². The highest BCUT2D eigenvalue weighted by Crippen LogP contribution is 2.30. The summed E-state index contributed by atoms with van der Waals surface area (Å²) < 4.78 is 0. The number of carbonyl (C=O) groups is 1. The van der Waals surface area contributed by atoms with Crippen LogP contribution in [-0.2, 0) is 22.8 Å². The van der Waals surface area contributed by atoms with Crippen molar-refractivity contribution in [2.24, 2.45) is 20.8 Å². The van der Waals surface area contributed by atoms with Gasteiger partial charge in [-0.05, 0) is 23.0 Å². The van der Waals surface area contributed by atoms with Gasteiger partial charge in [0.1, 0.15) is 11.5 Å². The number of aromatic hydroxyl groups is 2. The zero-order chi connectivity index (χ0) is 22.1. The Hall–Kier alpha value is -3.49. The van der Waals surface area contributed by atoms with Crippen molar-refractivity contribution in [3.8, 4) is 11.5 Å². The van der Waals surface area contributed by atoms with Crippen LogP contribution in [-0.4, -0.2) is 16.4 Å². The molecular weight excluding hydrogens is 388 g/mol. The van der Waals surface area contributed by atoms with Gasteiger partial charge in [0.15, 0.2) is 0 Å². The van der Waals surface area contributed by atoms with Gasteiger partial charge in [0.2, 0.25) is 0 Å². The smallest absolute Gasteiger partial charge is 0.507 e. The van der Waals surface area contributed by atoms with Crippen molar-refractivity contribution in [3.05, 3.63) is 58.7 Å². The van der Waals surface area contributed by atoms with E-state index in [2.05, 4.69) is 30.5 Å². The summed E-state index contributed by atoms with van der Waals surface area (Å²) in [6, 6.07) is 10.7. The van der Waals surface area contributed by atoms with Crippen molar-refractivity contribution in [2.75, 3.05) is 0 Å². The monoisotopic (exact) mass is 414 g/mol. The number of para-hydroxylation sites is 2. The van der Waals surface area contributed by atoms with E-state index in [1.807, 2.05) is 52.0 Å². The second-order valence-electron chi connectivity index (χ2n) is 7.21. The lowest BCUT2D eigenvalue weighted by molar-refractivity contribution is 0.0455. The van der Waals surface area contributed by atoms with E-state index in [0.717, 1.165) is 11.1 Å². The van der Waals surface area contributed by atoms with Crippen LogP contribution in [0.15, 0.2) is 57.2 Å². The van der Waals surface area contributed by atoms with E-state index in [1.54, 1.807) is 12.1 Å². The van der Waals surface area contributed by atoms with Gasteiger partial charge in [0.05, 0.1) is 13.1 Å². The molecule has 0 aliphatic rings. The molecule has 2 aromatic rings. The predicted molar refractivity (Wildman–Crippen MR) is 109 cm³/mol. The van der Waals surface area contributed by atoms with Gasteiger partial charge in [-0.25, -0.2) is 0 Å². The van der Waals surface area contributed by atoms with E-state index in [-0.39, 0.29) is 36.4 Å². The molecule has 2 rings (SSSR count). The Labute approximate surface area is 175 Å². The minimum atomic E-state index is -1.21. The number of carbonyl (C=O) groups excluding carboxylic acids is 1. The van der Waals surface area contributed by atoms with Crippen molar-refractivity contribution in [1.82, 2.24) is 0 Å². The summed E-state index contributed by atoms with van der Waals surface area (Å²) >= 11 is 0. The fraction of sp³-hybridized carbons (Fsp3) is 0.381. The van der Waals surface area contributed by atoms with Gasteiger partial charge in [0.25, 0.3) is 0 Å². The Morgan fingerprint density at radius 2 is 1.20 bits per heavy atom. The Balaban J connectivity index is 1.80. The first kappa shape index (κ1) is 22.8. The van der Waals surface area contributed by atoms with Crippen molar-refractivity contribution in [2.45, 2.75) is 52.6 Å². The van der Waals surface area contributed by atoms with Gasteiger partial charge >= 0.3 is 6.16 Å². The summed E-state index contributed by atoms with van der Waals surface area (Å²) in [5.74, 6) is 0.613. The molecule has 30 heavy (non-hydrogen) atoms. The predicted octanol–water partition coefficient (Wildman–Crippen LogP) is 5.93. The second kappa shape index (κ2) is 10.9. The first-order chi connectivity index (χ1) is 14.3. The van der Waals surface area contributed by atoms with E-state index >= 15 is 0 Å². The van der Waals surface area contributed by atoms with Crippen LogP contribution in [0.2, 0.25) is 0 Å². The number of benzene rings is 2. The van der Waals surface area contributed by atoms with Crippen LogP contribution in [0.3, 0.4) is 0 Å². The molecule has 160 valence electrons. The third-order valence-corrected chi connectivity index (χ3v) is 4.37. The van der Waals surface area contributed by atoms with Crippen LogP contribution in [0.5, 0.6) is 11.5 Å². The molecule has 0 unspecified atom stereocenters. The molecule has 0 saturated carbocycles. The van der Waals surface area contributed by atoms with E-state index in [4.69, 9.17) is 0 Å². The summed E-state index contributed by atoms with van der Waals surface area (Å²) in [4.78, 5) is 20.3. The highest BCUT2D eigenvalue weighted by atomic mass is 16.9. The molecule has 9 heteroatoms. The van der Waals surface area contributed by atoms with Gasteiger partial charge in [0, 0.05) is 21.7 Å². The number of hydrogen-bond acceptors (Lipinski definition) is 9. The third kappa shape index (κ3) is 6.26. The summed E-state index contributed by atoms with van der Waals surface area (Å²) in [7, 11) is 0. The van der Waals surface area contributed by atoms with Crippen LogP contribution < -0.4 is 0 Å². The molecule has 0 aliphatic heterocycles. The SMILES string of the molecule is CC(C)c1cccc(CN=NOC(=O)ON=NCc2cccc(C(C)C)c2O)c1O. The summed E-state index contributed by atoms with van der Waals surface area (Å²) in [6.07, 6.45) is -1.21. The number of hydrogen-bond donors (Lipinski definition) is 2. The van der Waals surface area contributed by atoms with E-state index in [0.29, 0.717) is 11.1 Å². The third-order valence-electron chi connectivity index (χ3n) is 4.37. The molecule has 2 N–H and O–H groups in total. The standard InChI is InChI=1S/C21H26N4O5/c1-13(2)17-9-5-7-15(19(17)26)11-22-24-29-21(28)30-25-23-12-16-8-6-10-18(14(3)4)20(16)27/h5-10,13-14,26-27H,11-12H2,1-4H3. The topological polar surface area (TPSA) is 125 Å². The quantitative estimate of drug-likeness (QED) is 0.409. The summed E-state index contributed by atoms with van der Waals surface area (Å²) in [6.45, 7) is 7.94. The molecule has 0 radical (unpaired) electrons. The maximum atomic E-state index is 11.4. The lowest BCUT2D eigenvalue weighted by Crippen LogP contribution is -1.98. The molecule has 0 aliphatic carbocycles.